The summed E-state index contributed by atoms with van der Waals surface area (Å²) in [4.78, 5) is 25.6. The summed E-state index contributed by atoms with van der Waals surface area (Å²) in [6.45, 7) is 5.77. The number of rotatable bonds is 6. The van der Waals surface area contributed by atoms with Gasteiger partial charge in [0.2, 0.25) is 0 Å². The summed E-state index contributed by atoms with van der Waals surface area (Å²) in [6.07, 6.45) is 0. The minimum atomic E-state index is -3.86. The van der Waals surface area contributed by atoms with Gasteiger partial charge in [-0.05, 0) is 63.2 Å². The second kappa shape index (κ2) is 9.08. The van der Waals surface area contributed by atoms with Gasteiger partial charge >= 0.3 is 4.87 Å². The fraction of sp³-hybridized carbons (Fsp3) is 0.200. The van der Waals surface area contributed by atoms with Gasteiger partial charge in [-0.25, -0.2) is 8.42 Å². The molecule has 3 aromatic carbocycles. The van der Waals surface area contributed by atoms with E-state index >= 15 is 0 Å². The summed E-state index contributed by atoms with van der Waals surface area (Å²) >= 11 is 1.12. The number of aryl methyl sites for hydroxylation is 1. The number of aromatic nitrogens is 1. The molecular weight excluding hydrogens is 470 g/mol. The lowest BCUT2D eigenvalue weighted by molar-refractivity contribution is 0.102. The molecular formula is C25H25N3O4S2. The highest BCUT2D eigenvalue weighted by Crippen LogP contribution is 2.28. The predicted molar refractivity (Wildman–Crippen MR) is 138 cm³/mol. The van der Waals surface area contributed by atoms with Crippen LogP contribution in [-0.2, 0) is 10.0 Å². The molecule has 0 bridgehead atoms. The lowest BCUT2D eigenvalue weighted by Crippen LogP contribution is -2.29. The number of hydrogen-bond donors (Lipinski definition) is 1. The molecule has 0 saturated heterocycles. The standard InChI is InChI=1S/C25H25N3O4S2/c1-16(2)28-22-14-11-18(15-23(22)33-25(28)30)26-24(29)20-7-5-6-8-21(20)27(4)34(31,32)19-12-9-17(3)10-13-19/h5-16H,1-4H3,(H,26,29). The van der Waals surface area contributed by atoms with Gasteiger partial charge in [0.25, 0.3) is 15.9 Å². The molecule has 0 saturated carbocycles. The van der Waals surface area contributed by atoms with Crippen LogP contribution in [0.5, 0.6) is 0 Å². The molecule has 0 fully saturated rings. The van der Waals surface area contributed by atoms with E-state index in [1.165, 1.54) is 7.05 Å². The Balaban J connectivity index is 1.65. The lowest BCUT2D eigenvalue weighted by atomic mass is 10.1. The first-order valence-electron chi connectivity index (χ1n) is 10.7. The van der Waals surface area contributed by atoms with Gasteiger partial charge in [-0.1, -0.05) is 41.2 Å². The Morgan fingerprint density at radius 1 is 1.03 bits per heavy atom. The SMILES string of the molecule is Cc1ccc(S(=O)(=O)N(C)c2ccccc2C(=O)Nc2ccc3c(c2)sc(=O)n3C(C)C)cc1. The van der Waals surface area contributed by atoms with Crippen molar-refractivity contribution < 1.29 is 13.2 Å². The van der Waals surface area contributed by atoms with Gasteiger partial charge in [0.1, 0.15) is 0 Å². The van der Waals surface area contributed by atoms with Crippen molar-refractivity contribution in [2.45, 2.75) is 31.7 Å². The van der Waals surface area contributed by atoms with Crippen LogP contribution in [0.4, 0.5) is 11.4 Å². The molecule has 0 unspecified atom stereocenters. The van der Waals surface area contributed by atoms with E-state index in [0.717, 1.165) is 31.4 Å². The molecule has 0 spiro atoms. The fourth-order valence-corrected chi connectivity index (χ4v) is 6.01. The molecule has 1 aromatic heterocycles. The van der Waals surface area contributed by atoms with Crippen LogP contribution in [0.1, 0.15) is 35.8 Å². The fourth-order valence-electron chi connectivity index (χ4n) is 3.74. The Bertz CT molecular complexity index is 1530. The van der Waals surface area contributed by atoms with Crippen molar-refractivity contribution in [1.29, 1.82) is 0 Å². The Morgan fingerprint density at radius 3 is 2.38 bits per heavy atom. The van der Waals surface area contributed by atoms with Crippen molar-refractivity contribution >= 4 is 48.9 Å². The zero-order valence-electron chi connectivity index (χ0n) is 19.3. The van der Waals surface area contributed by atoms with Gasteiger partial charge in [0.05, 0.1) is 26.4 Å². The van der Waals surface area contributed by atoms with Crippen LogP contribution in [0.3, 0.4) is 0 Å². The molecule has 7 nitrogen and oxygen atoms in total. The Morgan fingerprint density at radius 2 is 1.71 bits per heavy atom. The zero-order valence-corrected chi connectivity index (χ0v) is 20.9. The quantitative estimate of drug-likeness (QED) is 0.406. The third kappa shape index (κ3) is 4.36. The number of fused-ring (bicyclic) bond motifs is 1. The summed E-state index contributed by atoms with van der Waals surface area (Å²) < 4.78 is 29.9. The molecule has 0 aliphatic carbocycles. The molecule has 4 aromatic rings. The third-order valence-electron chi connectivity index (χ3n) is 5.55. The van der Waals surface area contributed by atoms with Gasteiger partial charge in [-0.15, -0.1) is 0 Å². The summed E-state index contributed by atoms with van der Waals surface area (Å²) in [6, 6.07) is 18.4. The molecule has 0 radical (unpaired) electrons. The average Bonchev–Trinajstić information content (AvgIpc) is 3.14. The molecule has 1 amide bonds. The Kier molecular flexibility index (Phi) is 6.33. The summed E-state index contributed by atoms with van der Waals surface area (Å²) in [5.41, 5.74) is 2.76. The van der Waals surface area contributed by atoms with Crippen LogP contribution in [-0.4, -0.2) is 25.9 Å². The monoisotopic (exact) mass is 495 g/mol. The number of nitrogens with zero attached hydrogens (tertiary/aromatic N) is 2. The van der Waals surface area contributed by atoms with Crippen molar-refractivity contribution in [2.24, 2.45) is 0 Å². The molecule has 0 aliphatic heterocycles. The van der Waals surface area contributed by atoms with Crippen molar-refractivity contribution in [3.8, 4) is 0 Å². The summed E-state index contributed by atoms with van der Waals surface area (Å²) in [5, 5.41) is 2.84. The highest BCUT2D eigenvalue weighted by Gasteiger charge is 2.25. The smallest absolute Gasteiger partial charge is 0.308 e. The minimum Gasteiger partial charge on any atom is -0.322 e. The van der Waals surface area contributed by atoms with Crippen LogP contribution in [0.2, 0.25) is 0 Å². The van der Waals surface area contributed by atoms with Crippen LogP contribution >= 0.6 is 11.3 Å². The summed E-state index contributed by atoms with van der Waals surface area (Å²) in [7, 11) is -2.43. The van der Waals surface area contributed by atoms with Crippen molar-refractivity contribution in [3.63, 3.8) is 0 Å². The number of benzene rings is 3. The molecule has 0 atom stereocenters. The topological polar surface area (TPSA) is 88.5 Å². The lowest BCUT2D eigenvalue weighted by Gasteiger charge is -2.22. The average molecular weight is 496 g/mol. The second-order valence-electron chi connectivity index (χ2n) is 8.27. The van der Waals surface area contributed by atoms with E-state index in [4.69, 9.17) is 0 Å². The highest BCUT2D eigenvalue weighted by atomic mass is 32.2. The molecule has 9 heteroatoms. The third-order valence-corrected chi connectivity index (χ3v) is 8.26. The molecule has 0 aliphatic rings. The van der Waals surface area contributed by atoms with Gasteiger partial charge in [-0.3, -0.25) is 18.5 Å². The number of anilines is 2. The van der Waals surface area contributed by atoms with E-state index in [1.807, 2.05) is 26.8 Å². The first kappa shape index (κ1) is 23.7. The van der Waals surface area contributed by atoms with Crippen LogP contribution in [0.25, 0.3) is 10.2 Å². The molecule has 1 heterocycles. The van der Waals surface area contributed by atoms with Gasteiger partial charge in [0, 0.05) is 18.8 Å². The number of sulfonamides is 1. The van der Waals surface area contributed by atoms with Crippen LogP contribution in [0.15, 0.2) is 76.4 Å². The van der Waals surface area contributed by atoms with Gasteiger partial charge in [-0.2, -0.15) is 0 Å². The number of hydrogen-bond acceptors (Lipinski definition) is 5. The first-order chi connectivity index (χ1) is 16.1. The number of carbonyl (C=O) groups is 1. The van der Waals surface area contributed by atoms with Crippen molar-refractivity contribution in [3.05, 3.63) is 87.5 Å². The number of thiazole rings is 1. The van der Waals surface area contributed by atoms with E-state index in [-0.39, 0.29) is 27.1 Å². The van der Waals surface area contributed by atoms with E-state index in [2.05, 4.69) is 5.32 Å². The zero-order chi connectivity index (χ0) is 24.6. The number of carbonyl (C=O) groups excluding carboxylic acids is 1. The largest absolute Gasteiger partial charge is 0.322 e. The van der Waals surface area contributed by atoms with E-state index in [9.17, 15) is 18.0 Å². The van der Waals surface area contributed by atoms with Gasteiger partial charge in [0.15, 0.2) is 0 Å². The first-order valence-corrected chi connectivity index (χ1v) is 13.0. The predicted octanol–water partition coefficient (Wildman–Crippen LogP) is 5.03. The van der Waals surface area contributed by atoms with Crippen LogP contribution in [0, 0.1) is 6.92 Å². The minimum absolute atomic E-state index is 0.0274. The molecule has 1 N–H and O–H groups in total. The number of amides is 1. The van der Waals surface area contributed by atoms with E-state index in [1.54, 1.807) is 65.2 Å². The highest BCUT2D eigenvalue weighted by molar-refractivity contribution is 7.92. The van der Waals surface area contributed by atoms with Gasteiger partial charge < -0.3 is 5.32 Å². The Hall–Kier alpha value is -3.43. The van der Waals surface area contributed by atoms with Crippen molar-refractivity contribution in [2.75, 3.05) is 16.7 Å². The number of nitrogens with one attached hydrogen (secondary N) is 1. The Labute approximate surface area is 202 Å². The maximum Gasteiger partial charge on any atom is 0.308 e. The van der Waals surface area contributed by atoms with Crippen molar-refractivity contribution in [1.82, 2.24) is 4.57 Å². The second-order valence-corrected chi connectivity index (χ2v) is 11.2. The molecule has 34 heavy (non-hydrogen) atoms. The number of para-hydroxylation sites is 1. The summed E-state index contributed by atoms with van der Waals surface area (Å²) in [5.74, 6) is -0.448. The van der Waals surface area contributed by atoms with E-state index in [0.29, 0.717) is 5.69 Å². The molecule has 4 rings (SSSR count). The maximum absolute atomic E-state index is 13.2. The normalized spacial score (nSPS) is 11.7. The maximum atomic E-state index is 13.2. The molecule has 176 valence electrons. The van der Waals surface area contributed by atoms with E-state index < -0.39 is 15.9 Å². The van der Waals surface area contributed by atoms with Crippen LogP contribution < -0.4 is 14.5 Å².